The Kier molecular flexibility index (Phi) is 2.45. The first kappa shape index (κ1) is 11.0. The first-order chi connectivity index (χ1) is 8.65. The predicted octanol–water partition coefficient (Wildman–Crippen LogP) is 2.88. The van der Waals surface area contributed by atoms with E-state index in [9.17, 15) is 4.79 Å². The SMILES string of the molecule is Cc1cc(-c2ccc(Cl)cc2)c2c(=O)[nH][nH]c2n1. The first-order valence-electron chi connectivity index (χ1n) is 5.49. The van der Waals surface area contributed by atoms with Crippen molar-refractivity contribution in [1.29, 1.82) is 0 Å². The van der Waals surface area contributed by atoms with E-state index in [1.165, 1.54) is 0 Å². The van der Waals surface area contributed by atoms with E-state index in [0.29, 0.717) is 16.1 Å². The van der Waals surface area contributed by atoms with Crippen LogP contribution in [-0.4, -0.2) is 15.2 Å². The minimum atomic E-state index is -0.164. The lowest BCUT2D eigenvalue weighted by atomic mass is 10.0. The fourth-order valence-corrected chi connectivity index (χ4v) is 2.16. The van der Waals surface area contributed by atoms with Gasteiger partial charge in [0.2, 0.25) is 0 Å². The van der Waals surface area contributed by atoms with Gasteiger partial charge in [-0.2, -0.15) is 0 Å². The second kappa shape index (κ2) is 3.99. The summed E-state index contributed by atoms with van der Waals surface area (Å²) in [5, 5.41) is 6.57. The van der Waals surface area contributed by atoms with Crippen molar-refractivity contribution in [3.63, 3.8) is 0 Å². The standard InChI is InChI=1S/C13H10ClN3O/c1-7-6-10(8-2-4-9(14)5-3-8)11-12(15-7)16-17-13(11)18/h2-6H,1H3,(H2,15,16,17,18). The molecule has 0 radical (unpaired) electrons. The van der Waals surface area contributed by atoms with Gasteiger partial charge in [0, 0.05) is 16.3 Å². The summed E-state index contributed by atoms with van der Waals surface area (Å²) in [6.45, 7) is 1.89. The third-order valence-corrected chi connectivity index (χ3v) is 3.08. The normalized spacial score (nSPS) is 11.0. The summed E-state index contributed by atoms with van der Waals surface area (Å²) < 4.78 is 0. The molecule has 0 amide bonds. The number of halogens is 1. The topological polar surface area (TPSA) is 61.5 Å². The predicted molar refractivity (Wildman–Crippen MR) is 71.9 cm³/mol. The highest BCUT2D eigenvalue weighted by atomic mass is 35.5. The van der Waals surface area contributed by atoms with Crippen molar-refractivity contribution in [2.24, 2.45) is 0 Å². The van der Waals surface area contributed by atoms with E-state index < -0.39 is 0 Å². The number of aromatic nitrogens is 3. The molecule has 0 fully saturated rings. The molecule has 0 saturated carbocycles. The summed E-state index contributed by atoms with van der Waals surface area (Å²) in [5.41, 5.74) is 3.06. The summed E-state index contributed by atoms with van der Waals surface area (Å²) >= 11 is 5.87. The second-order valence-electron chi connectivity index (χ2n) is 4.12. The molecule has 0 saturated heterocycles. The molecule has 5 heteroatoms. The van der Waals surface area contributed by atoms with Crippen LogP contribution in [0.3, 0.4) is 0 Å². The van der Waals surface area contributed by atoms with Crippen LogP contribution >= 0.6 is 11.6 Å². The van der Waals surface area contributed by atoms with E-state index in [2.05, 4.69) is 15.2 Å². The zero-order valence-corrected chi connectivity index (χ0v) is 10.4. The molecule has 0 aliphatic heterocycles. The van der Waals surface area contributed by atoms with Crippen LogP contribution in [0.2, 0.25) is 5.02 Å². The van der Waals surface area contributed by atoms with Gasteiger partial charge in [-0.3, -0.25) is 15.0 Å². The lowest BCUT2D eigenvalue weighted by Gasteiger charge is -2.04. The number of pyridine rings is 1. The van der Waals surface area contributed by atoms with Crippen molar-refractivity contribution in [1.82, 2.24) is 15.2 Å². The number of rotatable bonds is 1. The van der Waals surface area contributed by atoms with E-state index in [-0.39, 0.29) is 5.56 Å². The molecule has 0 bridgehead atoms. The van der Waals surface area contributed by atoms with E-state index in [4.69, 9.17) is 11.6 Å². The van der Waals surface area contributed by atoms with Crippen molar-refractivity contribution in [2.45, 2.75) is 6.92 Å². The molecule has 0 atom stereocenters. The van der Waals surface area contributed by atoms with Crippen LogP contribution < -0.4 is 5.56 Å². The molecule has 3 aromatic rings. The van der Waals surface area contributed by atoms with E-state index >= 15 is 0 Å². The molecule has 0 aliphatic carbocycles. The summed E-state index contributed by atoms with van der Waals surface area (Å²) in [6, 6.07) is 9.29. The molecule has 2 N–H and O–H groups in total. The lowest BCUT2D eigenvalue weighted by Crippen LogP contribution is -2.00. The zero-order chi connectivity index (χ0) is 12.7. The largest absolute Gasteiger partial charge is 0.281 e. The van der Waals surface area contributed by atoms with Crippen LogP contribution in [0.15, 0.2) is 35.1 Å². The van der Waals surface area contributed by atoms with Crippen LogP contribution in [0.25, 0.3) is 22.2 Å². The smallest absolute Gasteiger partial charge is 0.274 e. The number of H-pyrrole nitrogens is 2. The van der Waals surface area contributed by atoms with Gasteiger partial charge in [0.15, 0.2) is 5.65 Å². The summed E-state index contributed by atoms with van der Waals surface area (Å²) in [7, 11) is 0. The highest BCUT2D eigenvalue weighted by Crippen LogP contribution is 2.26. The molecule has 4 nitrogen and oxygen atoms in total. The van der Waals surface area contributed by atoms with Crippen LogP contribution in [0.4, 0.5) is 0 Å². The van der Waals surface area contributed by atoms with Crippen LogP contribution in [0, 0.1) is 6.92 Å². The molecule has 0 aliphatic rings. The van der Waals surface area contributed by atoms with Crippen molar-refractivity contribution in [3.8, 4) is 11.1 Å². The average molecular weight is 260 g/mol. The Morgan fingerprint density at radius 2 is 1.89 bits per heavy atom. The summed E-state index contributed by atoms with van der Waals surface area (Å²) in [4.78, 5) is 16.1. The van der Waals surface area contributed by atoms with Crippen LogP contribution in [-0.2, 0) is 0 Å². The second-order valence-corrected chi connectivity index (χ2v) is 4.56. The molecule has 2 aromatic heterocycles. The van der Waals surface area contributed by atoms with Gasteiger partial charge in [0.05, 0.1) is 5.39 Å². The van der Waals surface area contributed by atoms with E-state index in [0.717, 1.165) is 16.8 Å². The molecule has 0 spiro atoms. The van der Waals surface area contributed by atoms with Crippen molar-refractivity contribution < 1.29 is 0 Å². The maximum absolute atomic E-state index is 11.8. The maximum Gasteiger partial charge on any atom is 0.274 e. The Hall–Kier alpha value is -2.07. The number of aromatic amines is 2. The van der Waals surface area contributed by atoms with Gasteiger partial charge < -0.3 is 0 Å². The molecule has 18 heavy (non-hydrogen) atoms. The van der Waals surface area contributed by atoms with Crippen LogP contribution in [0.5, 0.6) is 0 Å². The maximum atomic E-state index is 11.8. The van der Waals surface area contributed by atoms with E-state index in [1.54, 1.807) is 12.1 Å². The number of fused-ring (bicyclic) bond motifs is 1. The van der Waals surface area contributed by atoms with Gasteiger partial charge in [-0.25, -0.2) is 4.98 Å². The quantitative estimate of drug-likeness (QED) is 0.706. The Labute approximate surface area is 108 Å². The van der Waals surface area contributed by atoms with E-state index in [1.807, 2.05) is 25.1 Å². The monoisotopic (exact) mass is 259 g/mol. The summed E-state index contributed by atoms with van der Waals surface area (Å²) in [5.74, 6) is 0. The van der Waals surface area contributed by atoms with Crippen LogP contribution in [0.1, 0.15) is 5.69 Å². The molecule has 1 aromatic carbocycles. The Balaban J connectivity index is 2.37. The highest BCUT2D eigenvalue weighted by molar-refractivity contribution is 6.30. The number of hydrogen-bond donors (Lipinski definition) is 2. The average Bonchev–Trinajstić information content (AvgIpc) is 2.71. The van der Waals surface area contributed by atoms with Gasteiger partial charge in [-0.1, -0.05) is 23.7 Å². The van der Waals surface area contributed by atoms with Gasteiger partial charge in [-0.15, -0.1) is 0 Å². The molecule has 0 unspecified atom stereocenters. The molecule has 3 rings (SSSR count). The van der Waals surface area contributed by atoms with Gasteiger partial charge in [0.25, 0.3) is 5.56 Å². The number of hydrogen-bond acceptors (Lipinski definition) is 2. The Morgan fingerprint density at radius 3 is 2.61 bits per heavy atom. The van der Waals surface area contributed by atoms with Crippen molar-refractivity contribution in [3.05, 3.63) is 51.4 Å². The third kappa shape index (κ3) is 1.71. The molecular weight excluding hydrogens is 250 g/mol. The molecule has 2 heterocycles. The fourth-order valence-electron chi connectivity index (χ4n) is 2.03. The number of aryl methyl sites for hydroxylation is 1. The Bertz CT molecular complexity index is 771. The minimum absolute atomic E-state index is 0.164. The number of nitrogens with one attached hydrogen (secondary N) is 2. The lowest BCUT2D eigenvalue weighted by molar-refractivity contribution is 1.06. The van der Waals surface area contributed by atoms with Gasteiger partial charge in [-0.05, 0) is 30.7 Å². The van der Waals surface area contributed by atoms with Crippen molar-refractivity contribution in [2.75, 3.05) is 0 Å². The zero-order valence-electron chi connectivity index (χ0n) is 9.62. The molecule has 90 valence electrons. The third-order valence-electron chi connectivity index (χ3n) is 2.82. The van der Waals surface area contributed by atoms with Gasteiger partial charge >= 0.3 is 0 Å². The highest BCUT2D eigenvalue weighted by Gasteiger charge is 2.11. The number of nitrogens with zero attached hydrogens (tertiary/aromatic N) is 1. The number of benzene rings is 1. The summed E-state index contributed by atoms with van der Waals surface area (Å²) in [6.07, 6.45) is 0. The van der Waals surface area contributed by atoms with Crippen molar-refractivity contribution >= 4 is 22.6 Å². The Morgan fingerprint density at radius 1 is 1.17 bits per heavy atom. The fraction of sp³-hybridized carbons (Fsp3) is 0.0769. The minimum Gasteiger partial charge on any atom is -0.281 e. The first-order valence-corrected chi connectivity index (χ1v) is 5.87. The molecular formula is C13H10ClN3O. The van der Waals surface area contributed by atoms with Gasteiger partial charge in [0.1, 0.15) is 0 Å².